The van der Waals surface area contributed by atoms with Crippen LogP contribution in [0.2, 0.25) is 0 Å². The molecule has 2 aromatic carbocycles. The second kappa shape index (κ2) is 7.79. The smallest absolute Gasteiger partial charge is 0.253 e. The molecule has 0 unspecified atom stereocenters. The van der Waals surface area contributed by atoms with Crippen molar-refractivity contribution in [1.82, 2.24) is 4.90 Å². The average molecular weight is 341 g/mol. The van der Waals surface area contributed by atoms with Crippen molar-refractivity contribution in [2.45, 2.75) is 0 Å². The summed E-state index contributed by atoms with van der Waals surface area (Å²) in [5.41, 5.74) is 2.51. The van der Waals surface area contributed by atoms with Crippen LogP contribution in [0, 0.1) is 5.82 Å². The van der Waals surface area contributed by atoms with Crippen molar-refractivity contribution in [1.29, 1.82) is 0 Å². The van der Waals surface area contributed by atoms with Crippen molar-refractivity contribution < 1.29 is 14.0 Å². The summed E-state index contributed by atoms with van der Waals surface area (Å²) in [7, 11) is 1.49. The Hall–Kier alpha value is -2.89. The molecule has 0 bridgehead atoms. The molecule has 0 saturated carbocycles. The number of carbonyl (C=O) groups is 1. The average Bonchev–Trinajstić information content (AvgIpc) is 2.67. The van der Waals surface area contributed by atoms with E-state index in [0.29, 0.717) is 18.7 Å². The number of nitrogens with zero attached hydrogens (tertiary/aromatic N) is 3. The van der Waals surface area contributed by atoms with Crippen molar-refractivity contribution in [3.63, 3.8) is 0 Å². The van der Waals surface area contributed by atoms with Crippen molar-refractivity contribution in [3.05, 3.63) is 65.5 Å². The molecule has 1 amide bonds. The number of amides is 1. The maximum Gasteiger partial charge on any atom is 0.253 e. The molecule has 6 heteroatoms. The molecule has 0 aromatic heterocycles. The fourth-order valence-electron chi connectivity index (χ4n) is 2.83. The molecule has 2 aromatic rings. The Labute approximate surface area is 146 Å². The van der Waals surface area contributed by atoms with Gasteiger partial charge in [0.2, 0.25) is 0 Å². The Morgan fingerprint density at radius 2 is 1.68 bits per heavy atom. The van der Waals surface area contributed by atoms with Crippen LogP contribution in [0.5, 0.6) is 0 Å². The topological polar surface area (TPSA) is 45.1 Å². The Balaban J connectivity index is 1.59. The fourth-order valence-corrected chi connectivity index (χ4v) is 2.83. The zero-order chi connectivity index (χ0) is 17.6. The number of carbonyl (C=O) groups excluding carboxylic acids is 1. The minimum atomic E-state index is -0.239. The number of oxime groups is 1. The van der Waals surface area contributed by atoms with E-state index >= 15 is 0 Å². The summed E-state index contributed by atoms with van der Waals surface area (Å²) in [6, 6.07) is 13.7. The first kappa shape index (κ1) is 17.0. The SMILES string of the molecule is CO/N=C/c1ccc(C(=O)N2CCN(c3ccc(F)cc3)CC2)cc1. The highest BCUT2D eigenvalue weighted by molar-refractivity contribution is 5.95. The Kier molecular flexibility index (Phi) is 5.28. The maximum absolute atomic E-state index is 13.0. The number of hydrogen-bond acceptors (Lipinski definition) is 4. The molecule has 3 rings (SSSR count). The number of rotatable bonds is 4. The minimum Gasteiger partial charge on any atom is -0.399 e. The van der Waals surface area contributed by atoms with E-state index in [1.165, 1.54) is 19.2 Å². The monoisotopic (exact) mass is 341 g/mol. The first-order valence-electron chi connectivity index (χ1n) is 8.14. The van der Waals surface area contributed by atoms with Gasteiger partial charge in [0.25, 0.3) is 5.91 Å². The summed E-state index contributed by atoms with van der Waals surface area (Å²) in [6.45, 7) is 2.75. The molecule has 1 aliphatic rings. The summed E-state index contributed by atoms with van der Waals surface area (Å²) >= 11 is 0. The third-order valence-corrected chi connectivity index (χ3v) is 4.22. The zero-order valence-electron chi connectivity index (χ0n) is 14.1. The number of benzene rings is 2. The molecule has 0 atom stereocenters. The van der Waals surface area contributed by atoms with Gasteiger partial charge in [-0.2, -0.15) is 0 Å². The van der Waals surface area contributed by atoms with Gasteiger partial charge in [0.1, 0.15) is 12.9 Å². The molecule has 0 spiro atoms. The molecule has 0 aliphatic carbocycles. The molecular formula is C19H20FN3O2. The van der Waals surface area contributed by atoms with E-state index in [1.807, 2.05) is 17.0 Å². The molecule has 1 aliphatic heterocycles. The lowest BCUT2D eigenvalue weighted by atomic mass is 10.1. The van der Waals surface area contributed by atoms with E-state index < -0.39 is 0 Å². The number of hydrogen-bond donors (Lipinski definition) is 0. The lowest BCUT2D eigenvalue weighted by molar-refractivity contribution is 0.0747. The maximum atomic E-state index is 13.0. The normalized spacial score (nSPS) is 14.8. The van der Waals surface area contributed by atoms with Crippen molar-refractivity contribution in [3.8, 4) is 0 Å². The standard InChI is InChI=1S/C19H20FN3O2/c1-25-21-14-15-2-4-16(5-3-15)19(24)23-12-10-22(11-13-23)18-8-6-17(20)7-9-18/h2-9,14H,10-13H2,1H3/b21-14+. The molecule has 1 fully saturated rings. The second-order valence-corrected chi connectivity index (χ2v) is 5.79. The molecule has 1 heterocycles. The van der Waals surface area contributed by atoms with E-state index in [2.05, 4.69) is 14.9 Å². The number of piperazine rings is 1. The van der Waals surface area contributed by atoms with Gasteiger partial charge in [-0.25, -0.2) is 4.39 Å². The summed E-state index contributed by atoms with van der Waals surface area (Å²) in [6.07, 6.45) is 1.59. The van der Waals surface area contributed by atoms with Crippen LogP contribution in [0.3, 0.4) is 0 Å². The summed E-state index contributed by atoms with van der Waals surface area (Å²) in [5, 5.41) is 3.70. The van der Waals surface area contributed by atoms with Crippen molar-refractivity contribution in [2.24, 2.45) is 5.16 Å². The lowest BCUT2D eigenvalue weighted by Gasteiger charge is -2.36. The summed E-state index contributed by atoms with van der Waals surface area (Å²) < 4.78 is 13.0. The van der Waals surface area contributed by atoms with Crippen LogP contribution >= 0.6 is 0 Å². The van der Waals surface area contributed by atoms with Crippen LogP contribution < -0.4 is 4.90 Å². The Morgan fingerprint density at radius 1 is 1.04 bits per heavy atom. The van der Waals surface area contributed by atoms with Gasteiger partial charge in [-0.1, -0.05) is 17.3 Å². The predicted molar refractivity (Wildman–Crippen MR) is 95.6 cm³/mol. The van der Waals surface area contributed by atoms with E-state index in [9.17, 15) is 9.18 Å². The second-order valence-electron chi connectivity index (χ2n) is 5.79. The summed E-state index contributed by atoms with van der Waals surface area (Å²) in [5.74, 6) is -0.217. The van der Waals surface area contributed by atoms with Crippen LogP contribution in [-0.4, -0.2) is 50.3 Å². The van der Waals surface area contributed by atoms with Gasteiger partial charge in [0.05, 0.1) is 6.21 Å². The highest BCUT2D eigenvalue weighted by Gasteiger charge is 2.22. The van der Waals surface area contributed by atoms with Crippen LogP contribution in [0.25, 0.3) is 0 Å². The fraction of sp³-hybridized carbons (Fsp3) is 0.263. The molecule has 130 valence electrons. The highest BCUT2D eigenvalue weighted by atomic mass is 19.1. The number of anilines is 1. The summed E-state index contributed by atoms with van der Waals surface area (Å²) in [4.78, 5) is 21.3. The van der Waals surface area contributed by atoms with E-state index in [-0.39, 0.29) is 11.7 Å². The van der Waals surface area contributed by atoms with E-state index in [1.54, 1.807) is 30.5 Å². The third kappa shape index (κ3) is 4.15. The zero-order valence-corrected chi connectivity index (χ0v) is 14.1. The Morgan fingerprint density at radius 3 is 2.28 bits per heavy atom. The Bertz CT molecular complexity index is 736. The van der Waals surface area contributed by atoms with E-state index in [0.717, 1.165) is 24.3 Å². The molecule has 0 radical (unpaired) electrons. The lowest BCUT2D eigenvalue weighted by Crippen LogP contribution is -2.48. The molecule has 1 saturated heterocycles. The van der Waals surface area contributed by atoms with Crippen LogP contribution in [0.1, 0.15) is 15.9 Å². The van der Waals surface area contributed by atoms with Gasteiger partial charge in [0, 0.05) is 37.4 Å². The molecular weight excluding hydrogens is 321 g/mol. The highest BCUT2D eigenvalue weighted by Crippen LogP contribution is 2.18. The van der Waals surface area contributed by atoms with Gasteiger partial charge in [0.15, 0.2) is 0 Å². The first-order chi connectivity index (χ1) is 12.2. The molecule has 0 N–H and O–H groups in total. The minimum absolute atomic E-state index is 0.0222. The third-order valence-electron chi connectivity index (χ3n) is 4.22. The van der Waals surface area contributed by atoms with Crippen LogP contribution in [0.15, 0.2) is 53.7 Å². The van der Waals surface area contributed by atoms with Gasteiger partial charge in [-0.15, -0.1) is 0 Å². The van der Waals surface area contributed by atoms with Crippen LogP contribution in [0.4, 0.5) is 10.1 Å². The van der Waals surface area contributed by atoms with Gasteiger partial charge < -0.3 is 14.6 Å². The predicted octanol–water partition coefficient (Wildman–Crippen LogP) is 2.77. The first-order valence-corrected chi connectivity index (χ1v) is 8.14. The van der Waals surface area contributed by atoms with Gasteiger partial charge >= 0.3 is 0 Å². The molecule has 25 heavy (non-hydrogen) atoms. The van der Waals surface area contributed by atoms with Gasteiger partial charge in [-0.3, -0.25) is 4.79 Å². The quantitative estimate of drug-likeness (QED) is 0.634. The number of halogens is 1. The van der Waals surface area contributed by atoms with Crippen molar-refractivity contribution in [2.75, 3.05) is 38.2 Å². The molecule has 5 nitrogen and oxygen atoms in total. The van der Waals surface area contributed by atoms with Crippen molar-refractivity contribution >= 4 is 17.8 Å². The van der Waals surface area contributed by atoms with Crippen LogP contribution in [-0.2, 0) is 4.84 Å². The van der Waals surface area contributed by atoms with E-state index in [4.69, 9.17) is 0 Å². The largest absolute Gasteiger partial charge is 0.399 e. The van der Waals surface area contributed by atoms with Gasteiger partial charge in [-0.05, 0) is 42.0 Å².